The summed E-state index contributed by atoms with van der Waals surface area (Å²) in [5.74, 6) is 3.92. The van der Waals surface area contributed by atoms with Gasteiger partial charge in [-0.25, -0.2) is 0 Å². The maximum Gasteiger partial charge on any atom is 0.246 e. The molecule has 2 rings (SSSR count). The number of hydrogen-bond donors (Lipinski definition) is 1. The van der Waals surface area contributed by atoms with Crippen molar-refractivity contribution in [2.75, 3.05) is 6.54 Å². The van der Waals surface area contributed by atoms with Crippen LogP contribution in [0, 0.1) is 23.7 Å². The number of rotatable bonds is 9. The first kappa shape index (κ1) is 21.3. The van der Waals surface area contributed by atoms with Crippen molar-refractivity contribution in [3.63, 3.8) is 0 Å². The molecule has 1 N–H and O–H groups in total. The molecule has 148 valence electrons. The lowest BCUT2D eigenvalue weighted by atomic mass is 9.68. The highest BCUT2D eigenvalue weighted by atomic mass is 16.1. The predicted molar refractivity (Wildman–Crippen MR) is 112 cm³/mol. The molecule has 2 nitrogen and oxygen atoms in total. The first-order valence-electron chi connectivity index (χ1n) is 11.1. The Morgan fingerprint density at radius 2 is 1.50 bits per heavy atom. The summed E-state index contributed by atoms with van der Waals surface area (Å²) in [5.41, 5.74) is 0.613. The van der Waals surface area contributed by atoms with Gasteiger partial charge in [0.25, 0.3) is 0 Å². The fourth-order valence-corrected chi connectivity index (χ4v) is 5.14. The zero-order valence-corrected chi connectivity index (χ0v) is 17.3. The molecule has 0 aromatic heterocycles. The summed E-state index contributed by atoms with van der Waals surface area (Å²) in [6, 6.07) is 0. The van der Waals surface area contributed by atoms with Crippen molar-refractivity contribution >= 4 is 5.91 Å². The fourth-order valence-electron chi connectivity index (χ4n) is 5.14. The molecule has 0 heterocycles. The van der Waals surface area contributed by atoms with Gasteiger partial charge in [-0.05, 0) is 88.9 Å². The number of nitrogens with one attached hydrogen (secondary N) is 1. The average Bonchev–Trinajstić information content (AvgIpc) is 2.66. The normalized spacial score (nSPS) is 29.6. The Balaban J connectivity index is 1.56. The minimum Gasteiger partial charge on any atom is -0.352 e. The molecule has 0 aromatic rings. The van der Waals surface area contributed by atoms with Gasteiger partial charge in [0, 0.05) is 12.1 Å². The molecule has 2 fully saturated rings. The molecular weight excluding hydrogens is 318 g/mol. The topological polar surface area (TPSA) is 29.1 Å². The standard InChI is InChI=1S/C24H41NO/c1-4-5-6-8-20-10-14-22(15-11-20)23-16-12-21(13-17-23)9-7-18-25-24(26)19(2)3/h4-5,20-23H,2,6-18H2,1,3H3,(H,25,26)/b5-4+. The van der Waals surface area contributed by atoms with Gasteiger partial charge in [0.2, 0.25) is 5.91 Å². The largest absolute Gasteiger partial charge is 0.352 e. The van der Waals surface area contributed by atoms with Gasteiger partial charge < -0.3 is 5.32 Å². The highest BCUT2D eigenvalue weighted by molar-refractivity contribution is 5.91. The highest BCUT2D eigenvalue weighted by Gasteiger charge is 2.30. The quantitative estimate of drug-likeness (QED) is 0.287. The van der Waals surface area contributed by atoms with Crippen molar-refractivity contribution in [3.8, 4) is 0 Å². The number of carbonyl (C=O) groups is 1. The van der Waals surface area contributed by atoms with Crippen LogP contribution in [0.5, 0.6) is 0 Å². The Hall–Kier alpha value is -1.05. The summed E-state index contributed by atoms with van der Waals surface area (Å²) in [4.78, 5) is 11.5. The Labute approximate surface area is 161 Å². The van der Waals surface area contributed by atoms with E-state index in [4.69, 9.17) is 0 Å². The predicted octanol–water partition coefficient (Wildman–Crippen LogP) is 6.43. The second-order valence-corrected chi connectivity index (χ2v) is 8.89. The summed E-state index contributed by atoms with van der Waals surface area (Å²) in [6.45, 7) is 8.39. The lowest BCUT2D eigenvalue weighted by Crippen LogP contribution is -2.27. The van der Waals surface area contributed by atoms with Crippen molar-refractivity contribution in [2.24, 2.45) is 23.7 Å². The van der Waals surface area contributed by atoms with E-state index in [1.165, 1.54) is 70.6 Å². The van der Waals surface area contributed by atoms with E-state index in [2.05, 4.69) is 31.0 Å². The van der Waals surface area contributed by atoms with Crippen molar-refractivity contribution < 1.29 is 4.79 Å². The molecule has 0 bridgehead atoms. The zero-order chi connectivity index (χ0) is 18.8. The molecule has 0 aromatic carbocycles. The smallest absolute Gasteiger partial charge is 0.246 e. The van der Waals surface area contributed by atoms with Gasteiger partial charge in [-0.3, -0.25) is 4.79 Å². The van der Waals surface area contributed by atoms with E-state index in [9.17, 15) is 4.79 Å². The summed E-state index contributed by atoms with van der Waals surface area (Å²) >= 11 is 0. The SMILES string of the molecule is C=C(C)C(=O)NCCCC1CCC(C2CCC(CC/C=C/C)CC2)CC1. The van der Waals surface area contributed by atoms with Crippen LogP contribution in [0.1, 0.15) is 90.9 Å². The van der Waals surface area contributed by atoms with Gasteiger partial charge in [0.1, 0.15) is 0 Å². The van der Waals surface area contributed by atoms with Crippen LogP contribution in [0.4, 0.5) is 0 Å². The maximum atomic E-state index is 11.5. The van der Waals surface area contributed by atoms with E-state index >= 15 is 0 Å². The van der Waals surface area contributed by atoms with Crippen LogP contribution in [0.2, 0.25) is 0 Å². The zero-order valence-electron chi connectivity index (χ0n) is 17.3. The maximum absolute atomic E-state index is 11.5. The molecule has 2 heteroatoms. The minimum absolute atomic E-state index is 0.00928. The Bertz CT molecular complexity index is 451. The minimum atomic E-state index is 0.00928. The lowest BCUT2D eigenvalue weighted by Gasteiger charge is -2.38. The van der Waals surface area contributed by atoms with Crippen LogP contribution >= 0.6 is 0 Å². The highest BCUT2D eigenvalue weighted by Crippen LogP contribution is 2.42. The van der Waals surface area contributed by atoms with Gasteiger partial charge in [0.05, 0.1) is 0 Å². The average molecular weight is 360 g/mol. The number of hydrogen-bond acceptors (Lipinski definition) is 1. The van der Waals surface area contributed by atoms with Crippen molar-refractivity contribution in [2.45, 2.75) is 90.9 Å². The molecule has 0 saturated heterocycles. The molecule has 0 atom stereocenters. The molecule has 2 aliphatic rings. The molecular formula is C24H41NO. The summed E-state index contributed by atoms with van der Waals surface area (Å²) in [7, 11) is 0. The molecule has 2 saturated carbocycles. The van der Waals surface area contributed by atoms with Crippen LogP contribution in [0.15, 0.2) is 24.3 Å². The van der Waals surface area contributed by atoms with Crippen LogP contribution in [0.3, 0.4) is 0 Å². The Morgan fingerprint density at radius 3 is 2.00 bits per heavy atom. The molecule has 2 aliphatic carbocycles. The Kier molecular flexibility index (Phi) is 9.50. The Morgan fingerprint density at radius 1 is 0.962 bits per heavy atom. The third kappa shape index (κ3) is 7.29. The van der Waals surface area contributed by atoms with Crippen molar-refractivity contribution in [1.29, 1.82) is 0 Å². The van der Waals surface area contributed by atoms with Gasteiger partial charge in [-0.2, -0.15) is 0 Å². The van der Waals surface area contributed by atoms with Crippen molar-refractivity contribution in [1.82, 2.24) is 5.32 Å². The van der Waals surface area contributed by atoms with Gasteiger partial charge in [-0.15, -0.1) is 0 Å². The van der Waals surface area contributed by atoms with E-state index in [-0.39, 0.29) is 5.91 Å². The monoisotopic (exact) mass is 359 g/mol. The molecule has 0 aliphatic heterocycles. The van der Waals surface area contributed by atoms with Crippen LogP contribution in [-0.4, -0.2) is 12.5 Å². The van der Waals surface area contributed by atoms with Crippen molar-refractivity contribution in [3.05, 3.63) is 24.3 Å². The number of allylic oxidation sites excluding steroid dienone is 2. The van der Waals surface area contributed by atoms with E-state index in [1.807, 2.05) is 0 Å². The van der Waals surface area contributed by atoms with Gasteiger partial charge in [-0.1, -0.05) is 44.4 Å². The molecule has 0 unspecified atom stereocenters. The van der Waals surface area contributed by atoms with Gasteiger partial charge in [0.15, 0.2) is 0 Å². The van der Waals surface area contributed by atoms with Crippen LogP contribution < -0.4 is 5.32 Å². The number of amides is 1. The van der Waals surface area contributed by atoms with Gasteiger partial charge >= 0.3 is 0 Å². The van der Waals surface area contributed by atoms with E-state index in [0.717, 1.165) is 36.6 Å². The first-order valence-corrected chi connectivity index (χ1v) is 11.1. The van der Waals surface area contributed by atoms with Crippen LogP contribution in [0.25, 0.3) is 0 Å². The molecule has 1 amide bonds. The second kappa shape index (κ2) is 11.6. The van der Waals surface area contributed by atoms with Crippen LogP contribution in [-0.2, 0) is 4.79 Å². The third-order valence-electron chi connectivity index (χ3n) is 6.89. The first-order chi connectivity index (χ1) is 12.6. The van der Waals surface area contributed by atoms with E-state index in [1.54, 1.807) is 6.92 Å². The molecule has 0 radical (unpaired) electrons. The summed E-state index contributed by atoms with van der Waals surface area (Å²) in [6.07, 6.45) is 21.3. The van der Waals surface area contributed by atoms with E-state index < -0.39 is 0 Å². The fraction of sp³-hybridized carbons (Fsp3) is 0.792. The number of carbonyl (C=O) groups excluding carboxylic acids is 1. The third-order valence-corrected chi connectivity index (χ3v) is 6.89. The lowest BCUT2D eigenvalue weighted by molar-refractivity contribution is -0.117. The van der Waals surface area contributed by atoms with E-state index in [0.29, 0.717) is 5.57 Å². The summed E-state index contributed by atoms with van der Waals surface area (Å²) in [5, 5.41) is 2.96. The second-order valence-electron chi connectivity index (χ2n) is 8.89. The molecule has 26 heavy (non-hydrogen) atoms. The summed E-state index contributed by atoms with van der Waals surface area (Å²) < 4.78 is 0. The molecule has 0 spiro atoms.